The summed E-state index contributed by atoms with van der Waals surface area (Å²) in [5.41, 5.74) is 2.51. The number of carbonyl (C=O) groups is 2. The Morgan fingerprint density at radius 2 is 1.81 bits per heavy atom. The smallest absolute Gasteiger partial charge is 0.303 e. The molecule has 3 rings (SSSR count). The Morgan fingerprint density at radius 1 is 1.06 bits per heavy atom. The third kappa shape index (κ3) is 7.49. The largest absolute Gasteiger partial charge is 0.493 e. The van der Waals surface area contributed by atoms with Crippen molar-refractivity contribution in [2.24, 2.45) is 5.92 Å². The van der Waals surface area contributed by atoms with E-state index in [1.54, 1.807) is 11.9 Å². The van der Waals surface area contributed by atoms with Crippen LogP contribution in [0.25, 0.3) is 0 Å². The first-order valence-electron chi connectivity index (χ1n) is 10.8. The van der Waals surface area contributed by atoms with Crippen molar-refractivity contribution in [1.82, 2.24) is 4.90 Å². The van der Waals surface area contributed by atoms with Gasteiger partial charge in [0.05, 0.1) is 6.61 Å². The Labute approximate surface area is 184 Å². The standard InChI is InChI=1S/C26H29NO4/c1-27(26(30)22-16-14-21(15-17-22)13-12-20-10-11-20)19-23-7-4-5-8-24(23)31-18-6-2-3-9-25(28)29/h4-5,7-8,14-17,20H,2-3,6,9-11,18-19H2,1H3,(H,28,29). The number of rotatable bonds is 10. The molecule has 5 nitrogen and oxygen atoms in total. The van der Waals surface area contributed by atoms with Crippen LogP contribution in [0.2, 0.25) is 0 Å². The Morgan fingerprint density at radius 3 is 2.52 bits per heavy atom. The molecule has 2 aromatic carbocycles. The van der Waals surface area contributed by atoms with E-state index in [-0.39, 0.29) is 12.3 Å². The predicted molar refractivity (Wildman–Crippen MR) is 120 cm³/mol. The molecule has 0 aromatic heterocycles. The van der Waals surface area contributed by atoms with Crippen molar-refractivity contribution in [1.29, 1.82) is 0 Å². The zero-order valence-electron chi connectivity index (χ0n) is 18.0. The fourth-order valence-corrected chi connectivity index (χ4v) is 3.17. The highest BCUT2D eigenvalue weighted by Crippen LogP contribution is 2.27. The van der Waals surface area contributed by atoms with Gasteiger partial charge in [0.15, 0.2) is 0 Å². The van der Waals surface area contributed by atoms with Crippen LogP contribution in [0.15, 0.2) is 48.5 Å². The van der Waals surface area contributed by atoms with Crippen LogP contribution in [0.5, 0.6) is 5.75 Å². The monoisotopic (exact) mass is 419 g/mol. The predicted octanol–water partition coefficient (Wildman–Crippen LogP) is 4.74. The number of carbonyl (C=O) groups excluding carboxylic acids is 1. The second-order valence-electron chi connectivity index (χ2n) is 7.94. The molecule has 5 heteroatoms. The van der Waals surface area contributed by atoms with Crippen molar-refractivity contribution >= 4 is 11.9 Å². The molecule has 0 saturated heterocycles. The average molecular weight is 420 g/mol. The highest BCUT2D eigenvalue weighted by molar-refractivity contribution is 5.94. The van der Waals surface area contributed by atoms with Gasteiger partial charge in [-0.25, -0.2) is 0 Å². The van der Waals surface area contributed by atoms with Gasteiger partial charge in [-0.05, 0) is 62.4 Å². The van der Waals surface area contributed by atoms with Crippen LogP contribution in [0.3, 0.4) is 0 Å². The Bertz CT molecular complexity index is 951. The summed E-state index contributed by atoms with van der Waals surface area (Å²) in [5, 5.41) is 8.69. The SMILES string of the molecule is CN(Cc1ccccc1OCCCCCC(=O)O)C(=O)c1ccc(C#CC2CC2)cc1. The van der Waals surface area contributed by atoms with Crippen molar-refractivity contribution in [2.45, 2.75) is 45.1 Å². The number of para-hydroxylation sites is 1. The molecule has 1 N–H and O–H groups in total. The summed E-state index contributed by atoms with van der Waals surface area (Å²) in [6.45, 7) is 0.967. The van der Waals surface area contributed by atoms with Crippen molar-refractivity contribution in [3.8, 4) is 17.6 Å². The molecule has 1 aliphatic carbocycles. The summed E-state index contributed by atoms with van der Waals surface area (Å²) in [7, 11) is 1.78. The van der Waals surface area contributed by atoms with Gasteiger partial charge in [-0.15, -0.1) is 0 Å². The normalized spacial score (nSPS) is 12.5. The van der Waals surface area contributed by atoms with Crippen molar-refractivity contribution in [3.63, 3.8) is 0 Å². The number of unbranched alkanes of at least 4 members (excludes halogenated alkanes) is 2. The first-order chi connectivity index (χ1) is 15.0. The van der Waals surface area contributed by atoms with E-state index in [0.717, 1.165) is 29.7 Å². The van der Waals surface area contributed by atoms with Gasteiger partial charge in [0.1, 0.15) is 5.75 Å². The number of hydrogen-bond donors (Lipinski definition) is 1. The highest BCUT2D eigenvalue weighted by Gasteiger charge is 2.18. The number of carboxylic acids is 1. The number of amides is 1. The number of benzene rings is 2. The van der Waals surface area contributed by atoms with E-state index in [1.165, 1.54) is 12.8 Å². The minimum atomic E-state index is -0.764. The maximum Gasteiger partial charge on any atom is 0.303 e. The molecule has 0 bridgehead atoms. The Balaban J connectivity index is 1.52. The minimum absolute atomic E-state index is 0.0508. The topological polar surface area (TPSA) is 66.8 Å². The number of aliphatic carboxylic acids is 1. The summed E-state index contributed by atoms with van der Waals surface area (Å²) >= 11 is 0. The van der Waals surface area contributed by atoms with E-state index < -0.39 is 5.97 Å². The molecule has 162 valence electrons. The van der Waals surface area contributed by atoms with Gasteiger partial charge in [-0.2, -0.15) is 0 Å². The zero-order chi connectivity index (χ0) is 22.1. The van der Waals surface area contributed by atoms with Gasteiger partial charge in [0, 0.05) is 42.6 Å². The van der Waals surface area contributed by atoms with Gasteiger partial charge < -0.3 is 14.7 Å². The number of ether oxygens (including phenoxy) is 1. The second-order valence-corrected chi connectivity index (χ2v) is 7.94. The average Bonchev–Trinajstić information content (AvgIpc) is 3.60. The fraction of sp³-hybridized carbons (Fsp3) is 0.385. The molecule has 1 saturated carbocycles. The molecule has 0 unspecified atom stereocenters. The van der Waals surface area contributed by atoms with Gasteiger partial charge in [0.25, 0.3) is 5.91 Å². The van der Waals surface area contributed by atoms with E-state index in [1.807, 2.05) is 48.5 Å². The van der Waals surface area contributed by atoms with Crippen LogP contribution in [-0.4, -0.2) is 35.5 Å². The van der Waals surface area contributed by atoms with Crippen LogP contribution >= 0.6 is 0 Å². The Hall–Kier alpha value is -3.26. The third-order valence-electron chi connectivity index (χ3n) is 5.15. The molecule has 1 amide bonds. The lowest BCUT2D eigenvalue weighted by Crippen LogP contribution is -2.26. The van der Waals surface area contributed by atoms with Crippen LogP contribution in [0.1, 0.15) is 60.0 Å². The summed E-state index contributed by atoms with van der Waals surface area (Å²) in [4.78, 5) is 25.1. The van der Waals surface area contributed by atoms with Crippen LogP contribution < -0.4 is 4.74 Å². The highest BCUT2D eigenvalue weighted by atomic mass is 16.5. The molecule has 0 heterocycles. The molecular formula is C26H29NO4. The molecule has 1 fully saturated rings. The van der Waals surface area contributed by atoms with Crippen molar-refractivity contribution in [2.75, 3.05) is 13.7 Å². The number of hydrogen-bond acceptors (Lipinski definition) is 3. The summed E-state index contributed by atoms with van der Waals surface area (Å²) in [5.74, 6) is 6.89. The van der Waals surface area contributed by atoms with E-state index in [4.69, 9.17) is 9.84 Å². The van der Waals surface area contributed by atoms with E-state index in [2.05, 4.69) is 11.8 Å². The molecule has 0 aliphatic heterocycles. The third-order valence-corrected chi connectivity index (χ3v) is 5.15. The lowest BCUT2D eigenvalue weighted by Gasteiger charge is -2.19. The summed E-state index contributed by atoms with van der Waals surface area (Å²) < 4.78 is 5.90. The molecule has 31 heavy (non-hydrogen) atoms. The van der Waals surface area contributed by atoms with Crippen LogP contribution in [-0.2, 0) is 11.3 Å². The summed E-state index contributed by atoms with van der Waals surface area (Å²) in [6, 6.07) is 15.2. The van der Waals surface area contributed by atoms with Gasteiger partial charge in [0.2, 0.25) is 0 Å². The lowest BCUT2D eigenvalue weighted by atomic mass is 10.1. The maximum atomic E-state index is 12.8. The molecule has 2 aromatic rings. The van der Waals surface area contributed by atoms with Gasteiger partial charge in [-0.3, -0.25) is 9.59 Å². The quantitative estimate of drug-likeness (QED) is 0.446. The van der Waals surface area contributed by atoms with Gasteiger partial charge in [-0.1, -0.05) is 30.0 Å². The summed E-state index contributed by atoms with van der Waals surface area (Å²) in [6.07, 6.45) is 4.86. The fourth-order valence-electron chi connectivity index (χ4n) is 3.17. The molecule has 1 aliphatic rings. The van der Waals surface area contributed by atoms with E-state index in [0.29, 0.717) is 31.1 Å². The molecule has 0 radical (unpaired) electrons. The lowest BCUT2D eigenvalue weighted by molar-refractivity contribution is -0.137. The van der Waals surface area contributed by atoms with Crippen molar-refractivity contribution in [3.05, 3.63) is 65.2 Å². The van der Waals surface area contributed by atoms with E-state index in [9.17, 15) is 9.59 Å². The molecule has 0 spiro atoms. The second kappa shape index (κ2) is 11.2. The zero-order valence-corrected chi connectivity index (χ0v) is 18.0. The van der Waals surface area contributed by atoms with Gasteiger partial charge >= 0.3 is 5.97 Å². The van der Waals surface area contributed by atoms with Crippen LogP contribution in [0, 0.1) is 17.8 Å². The van der Waals surface area contributed by atoms with E-state index >= 15 is 0 Å². The Kier molecular flexibility index (Phi) is 8.12. The first kappa shape index (κ1) is 22.4. The van der Waals surface area contributed by atoms with Crippen LogP contribution in [0.4, 0.5) is 0 Å². The molecule has 0 atom stereocenters. The number of carboxylic acid groups (broad SMARTS) is 1. The molecular weight excluding hydrogens is 390 g/mol. The first-order valence-corrected chi connectivity index (χ1v) is 10.8. The van der Waals surface area contributed by atoms with Crippen molar-refractivity contribution < 1.29 is 19.4 Å². The maximum absolute atomic E-state index is 12.8. The number of nitrogens with zero attached hydrogens (tertiary/aromatic N) is 1. The minimum Gasteiger partial charge on any atom is -0.493 e.